The molecule has 1 unspecified atom stereocenters. The number of hydrogen-bond acceptors (Lipinski definition) is 1. The number of ether oxygens (including phenoxy) is 1. The minimum absolute atomic E-state index is 0.0324. The molecule has 0 spiro atoms. The van der Waals surface area contributed by atoms with Gasteiger partial charge in [-0.05, 0) is 59.7 Å². The molecule has 3 rings (SSSR count). The van der Waals surface area contributed by atoms with E-state index in [0.29, 0.717) is 0 Å². The zero-order valence-corrected chi connectivity index (χ0v) is 14.0. The summed E-state index contributed by atoms with van der Waals surface area (Å²) in [6.07, 6.45) is 3.87. The van der Waals surface area contributed by atoms with Crippen molar-refractivity contribution in [3.05, 3.63) is 54.1 Å². The van der Waals surface area contributed by atoms with Gasteiger partial charge in [0.05, 0.1) is 6.10 Å². The summed E-state index contributed by atoms with van der Waals surface area (Å²) >= 11 is 0. The fraction of sp³-hybridized carbons (Fsp3) is 0.429. The summed E-state index contributed by atoms with van der Waals surface area (Å²) in [6, 6.07) is 13.1. The molecule has 1 atom stereocenters. The van der Waals surface area contributed by atoms with Gasteiger partial charge >= 0.3 is 0 Å². The number of hydrogen-bond donors (Lipinski definition) is 0. The van der Waals surface area contributed by atoms with E-state index in [-0.39, 0.29) is 11.5 Å². The van der Waals surface area contributed by atoms with Crippen molar-refractivity contribution in [2.45, 2.75) is 46.1 Å². The van der Waals surface area contributed by atoms with Crippen LogP contribution in [0.15, 0.2) is 43.0 Å². The maximum atomic E-state index is 6.04. The van der Waals surface area contributed by atoms with Crippen molar-refractivity contribution >= 4 is 16.3 Å². The molecule has 22 heavy (non-hydrogen) atoms. The van der Waals surface area contributed by atoms with Crippen LogP contribution in [0.1, 0.15) is 44.2 Å². The fourth-order valence-electron chi connectivity index (χ4n) is 3.55. The number of benzene rings is 2. The van der Waals surface area contributed by atoms with Gasteiger partial charge in [-0.15, -0.1) is 0 Å². The molecule has 0 aliphatic carbocycles. The Morgan fingerprint density at radius 2 is 1.95 bits per heavy atom. The average molecular weight is 294 g/mol. The molecular formula is C21H26O. The van der Waals surface area contributed by atoms with Gasteiger partial charge in [0, 0.05) is 12.0 Å². The molecule has 116 valence electrons. The fourth-order valence-corrected chi connectivity index (χ4v) is 3.55. The Labute approximate surface area is 134 Å². The smallest absolute Gasteiger partial charge is 0.0666 e. The molecular weight excluding hydrogens is 268 g/mol. The van der Waals surface area contributed by atoms with E-state index in [1.165, 1.54) is 40.3 Å². The Balaban J connectivity index is 1.97. The van der Waals surface area contributed by atoms with Crippen LogP contribution in [-0.4, -0.2) is 12.7 Å². The molecule has 0 saturated carbocycles. The van der Waals surface area contributed by atoms with Crippen molar-refractivity contribution in [2.75, 3.05) is 6.61 Å². The molecule has 0 N–H and O–H groups in total. The highest BCUT2D eigenvalue weighted by atomic mass is 16.5. The van der Waals surface area contributed by atoms with E-state index in [1.54, 1.807) is 0 Å². The molecule has 1 fully saturated rings. The first-order valence-corrected chi connectivity index (χ1v) is 8.31. The van der Waals surface area contributed by atoms with Crippen molar-refractivity contribution in [3.63, 3.8) is 0 Å². The Morgan fingerprint density at radius 1 is 1.18 bits per heavy atom. The van der Waals surface area contributed by atoms with Crippen molar-refractivity contribution < 1.29 is 4.74 Å². The van der Waals surface area contributed by atoms with E-state index in [0.717, 1.165) is 13.0 Å². The van der Waals surface area contributed by atoms with Gasteiger partial charge in [0.25, 0.3) is 0 Å². The van der Waals surface area contributed by atoms with Crippen LogP contribution in [0, 0.1) is 12.3 Å². The van der Waals surface area contributed by atoms with Crippen molar-refractivity contribution in [1.29, 1.82) is 0 Å². The SMILES string of the molecule is C=C(c1cc(C)c2ccccc2c1)C(C)(C)C1CCCCO1. The van der Waals surface area contributed by atoms with E-state index < -0.39 is 0 Å². The summed E-state index contributed by atoms with van der Waals surface area (Å²) in [6.45, 7) is 12.1. The lowest BCUT2D eigenvalue weighted by Crippen LogP contribution is -2.35. The molecule has 1 heteroatoms. The second kappa shape index (κ2) is 5.89. The van der Waals surface area contributed by atoms with Gasteiger partial charge in [0.1, 0.15) is 0 Å². The van der Waals surface area contributed by atoms with Crippen LogP contribution in [0.5, 0.6) is 0 Å². The van der Waals surface area contributed by atoms with Crippen LogP contribution in [0.25, 0.3) is 16.3 Å². The first kappa shape index (κ1) is 15.3. The molecule has 1 heterocycles. The first-order chi connectivity index (χ1) is 10.5. The standard InChI is InChI=1S/C21H26O/c1-15-13-18(14-17-9-5-6-10-19(15)17)16(2)21(3,4)20-11-7-8-12-22-20/h5-6,9-10,13-14,20H,2,7-8,11-12H2,1,3-4H3. The molecule has 0 amide bonds. The van der Waals surface area contributed by atoms with E-state index in [9.17, 15) is 0 Å². The van der Waals surface area contributed by atoms with E-state index in [2.05, 4.69) is 63.7 Å². The van der Waals surface area contributed by atoms with E-state index in [1.807, 2.05) is 0 Å². The summed E-state index contributed by atoms with van der Waals surface area (Å²) in [7, 11) is 0. The van der Waals surface area contributed by atoms with Crippen LogP contribution in [0.2, 0.25) is 0 Å². The Bertz CT molecular complexity index is 690. The average Bonchev–Trinajstić information content (AvgIpc) is 2.55. The van der Waals surface area contributed by atoms with E-state index >= 15 is 0 Å². The van der Waals surface area contributed by atoms with Gasteiger partial charge in [-0.25, -0.2) is 0 Å². The number of rotatable bonds is 3. The molecule has 2 aromatic rings. The molecule has 1 aliphatic rings. The number of aryl methyl sites for hydroxylation is 1. The molecule has 1 aliphatic heterocycles. The lowest BCUT2D eigenvalue weighted by Gasteiger charge is -2.38. The van der Waals surface area contributed by atoms with Gasteiger partial charge in [0.2, 0.25) is 0 Å². The molecule has 2 aromatic carbocycles. The third kappa shape index (κ3) is 2.70. The molecule has 0 bridgehead atoms. The highest BCUT2D eigenvalue weighted by molar-refractivity contribution is 5.89. The third-order valence-electron chi connectivity index (χ3n) is 5.18. The molecule has 0 radical (unpaired) electrons. The molecule has 1 saturated heterocycles. The quantitative estimate of drug-likeness (QED) is 0.699. The van der Waals surface area contributed by atoms with Crippen molar-refractivity contribution in [1.82, 2.24) is 0 Å². The minimum Gasteiger partial charge on any atom is -0.377 e. The molecule has 0 aromatic heterocycles. The monoisotopic (exact) mass is 294 g/mol. The predicted molar refractivity (Wildman–Crippen MR) is 95.1 cm³/mol. The highest BCUT2D eigenvalue weighted by Gasteiger charge is 2.34. The molecule has 1 nitrogen and oxygen atoms in total. The summed E-state index contributed by atoms with van der Waals surface area (Å²) in [4.78, 5) is 0. The lowest BCUT2D eigenvalue weighted by molar-refractivity contribution is -0.0330. The van der Waals surface area contributed by atoms with E-state index in [4.69, 9.17) is 4.74 Å². The van der Waals surface area contributed by atoms with Crippen LogP contribution in [-0.2, 0) is 4.74 Å². The van der Waals surface area contributed by atoms with Crippen LogP contribution in [0.4, 0.5) is 0 Å². The Kier molecular flexibility index (Phi) is 4.10. The van der Waals surface area contributed by atoms with Gasteiger partial charge < -0.3 is 4.74 Å². The Morgan fingerprint density at radius 3 is 2.68 bits per heavy atom. The highest BCUT2D eigenvalue weighted by Crippen LogP contribution is 2.42. The van der Waals surface area contributed by atoms with Crippen molar-refractivity contribution in [2.24, 2.45) is 5.41 Å². The summed E-state index contributed by atoms with van der Waals surface area (Å²) in [5.74, 6) is 0. The second-order valence-corrected chi connectivity index (χ2v) is 7.07. The van der Waals surface area contributed by atoms with Gasteiger partial charge in [0.15, 0.2) is 0 Å². The predicted octanol–water partition coefficient (Wildman–Crippen LogP) is 5.76. The summed E-state index contributed by atoms with van der Waals surface area (Å²) in [5.41, 5.74) is 3.72. The Hall–Kier alpha value is -1.60. The second-order valence-electron chi connectivity index (χ2n) is 7.07. The van der Waals surface area contributed by atoms with Crippen LogP contribution < -0.4 is 0 Å². The van der Waals surface area contributed by atoms with Gasteiger partial charge in [-0.1, -0.05) is 50.8 Å². The third-order valence-corrected chi connectivity index (χ3v) is 5.18. The minimum atomic E-state index is -0.0324. The summed E-state index contributed by atoms with van der Waals surface area (Å²) in [5, 5.41) is 2.62. The first-order valence-electron chi connectivity index (χ1n) is 8.31. The lowest BCUT2D eigenvalue weighted by atomic mass is 9.74. The largest absolute Gasteiger partial charge is 0.377 e. The zero-order valence-electron chi connectivity index (χ0n) is 14.0. The maximum absolute atomic E-state index is 6.04. The van der Waals surface area contributed by atoms with Crippen LogP contribution >= 0.6 is 0 Å². The van der Waals surface area contributed by atoms with Gasteiger partial charge in [-0.3, -0.25) is 0 Å². The van der Waals surface area contributed by atoms with Crippen molar-refractivity contribution in [3.8, 4) is 0 Å². The van der Waals surface area contributed by atoms with Crippen LogP contribution in [0.3, 0.4) is 0 Å². The topological polar surface area (TPSA) is 9.23 Å². The van der Waals surface area contributed by atoms with Gasteiger partial charge in [-0.2, -0.15) is 0 Å². The number of fused-ring (bicyclic) bond motifs is 1. The normalized spacial score (nSPS) is 19.3. The summed E-state index contributed by atoms with van der Waals surface area (Å²) < 4.78 is 6.04. The maximum Gasteiger partial charge on any atom is 0.0666 e. The zero-order chi connectivity index (χ0) is 15.7.